The fourth-order valence-electron chi connectivity index (χ4n) is 2.09. The van der Waals surface area contributed by atoms with Gasteiger partial charge in [0.25, 0.3) is 0 Å². The average Bonchev–Trinajstić information content (AvgIpc) is 2.58. The fraction of sp³-hybridized carbons (Fsp3) is 0.0588. The van der Waals surface area contributed by atoms with E-state index in [9.17, 15) is 0 Å². The van der Waals surface area contributed by atoms with Gasteiger partial charge in [-0.1, -0.05) is 34.8 Å². The van der Waals surface area contributed by atoms with E-state index in [2.05, 4.69) is 20.6 Å². The third-order valence-electron chi connectivity index (χ3n) is 3.26. The molecule has 2 N–H and O–H groups in total. The van der Waals surface area contributed by atoms with Crippen LogP contribution < -0.4 is 15.4 Å². The summed E-state index contributed by atoms with van der Waals surface area (Å²) in [5.74, 6) is 1.60. The molecule has 1 aromatic heterocycles. The molecule has 3 aromatic rings. The van der Waals surface area contributed by atoms with Crippen LogP contribution in [-0.4, -0.2) is 17.1 Å². The lowest BCUT2D eigenvalue weighted by Gasteiger charge is -2.10. The van der Waals surface area contributed by atoms with E-state index in [1.807, 2.05) is 6.07 Å². The highest BCUT2D eigenvalue weighted by Gasteiger charge is 2.06. The summed E-state index contributed by atoms with van der Waals surface area (Å²) >= 11 is 18.2. The minimum absolute atomic E-state index is 0.413. The average molecular weight is 396 g/mol. The molecule has 0 saturated carbocycles. The summed E-state index contributed by atoms with van der Waals surface area (Å²) in [7, 11) is 1.56. The smallest absolute Gasteiger partial charge is 0.229 e. The van der Waals surface area contributed by atoms with E-state index in [4.69, 9.17) is 39.5 Å². The number of rotatable bonds is 5. The van der Waals surface area contributed by atoms with Gasteiger partial charge in [0.05, 0.1) is 22.8 Å². The molecule has 0 bridgehead atoms. The Hall–Kier alpha value is -2.21. The maximum absolute atomic E-state index is 6.16. The molecule has 0 spiro atoms. The van der Waals surface area contributed by atoms with Crippen molar-refractivity contribution in [2.45, 2.75) is 0 Å². The van der Waals surface area contributed by atoms with Crippen molar-refractivity contribution in [1.29, 1.82) is 0 Å². The predicted octanol–water partition coefficient (Wildman–Crippen LogP) is 5.93. The minimum atomic E-state index is 0.413. The van der Waals surface area contributed by atoms with Gasteiger partial charge in [0.2, 0.25) is 5.95 Å². The Morgan fingerprint density at radius 3 is 2.48 bits per heavy atom. The number of anilines is 4. The SMILES string of the molecule is COc1ccc(Nc2nccc(Nc3ccc(Cl)cc3Cl)n2)cc1Cl. The molecule has 0 fully saturated rings. The zero-order valence-corrected chi connectivity index (χ0v) is 15.3. The van der Waals surface area contributed by atoms with Gasteiger partial charge in [0.15, 0.2) is 0 Å². The number of hydrogen-bond acceptors (Lipinski definition) is 5. The van der Waals surface area contributed by atoms with E-state index in [0.717, 1.165) is 5.69 Å². The highest BCUT2D eigenvalue weighted by Crippen LogP contribution is 2.29. The number of hydrogen-bond donors (Lipinski definition) is 2. The number of ether oxygens (including phenoxy) is 1. The second kappa shape index (κ2) is 7.78. The zero-order chi connectivity index (χ0) is 17.8. The molecule has 3 rings (SSSR count). The van der Waals surface area contributed by atoms with Crippen molar-refractivity contribution in [3.8, 4) is 5.75 Å². The molecule has 25 heavy (non-hydrogen) atoms. The Morgan fingerprint density at radius 1 is 0.920 bits per heavy atom. The van der Waals surface area contributed by atoms with Crippen LogP contribution in [0.15, 0.2) is 48.7 Å². The number of methoxy groups -OCH3 is 1. The summed E-state index contributed by atoms with van der Waals surface area (Å²) in [5, 5.41) is 7.78. The van der Waals surface area contributed by atoms with Gasteiger partial charge in [-0.3, -0.25) is 0 Å². The molecule has 0 radical (unpaired) electrons. The van der Waals surface area contributed by atoms with Gasteiger partial charge in [0.1, 0.15) is 11.6 Å². The van der Waals surface area contributed by atoms with E-state index in [-0.39, 0.29) is 0 Å². The van der Waals surface area contributed by atoms with E-state index < -0.39 is 0 Å². The molecule has 0 amide bonds. The summed E-state index contributed by atoms with van der Waals surface area (Å²) in [4.78, 5) is 8.59. The molecule has 1 heterocycles. The van der Waals surface area contributed by atoms with Crippen LogP contribution in [0.5, 0.6) is 5.75 Å². The molecular weight excluding hydrogens is 383 g/mol. The normalized spacial score (nSPS) is 10.4. The summed E-state index contributed by atoms with van der Waals surface area (Å²) in [6.45, 7) is 0. The van der Waals surface area contributed by atoms with Crippen molar-refractivity contribution in [2.75, 3.05) is 17.7 Å². The van der Waals surface area contributed by atoms with Gasteiger partial charge in [-0.05, 0) is 42.5 Å². The quantitative estimate of drug-likeness (QED) is 0.560. The zero-order valence-electron chi connectivity index (χ0n) is 13.1. The third kappa shape index (κ3) is 4.45. The monoisotopic (exact) mass is 394 g/mol. The summed E-state index contributed by atoms with van der Waals surface area (Å²) in [5.41, 5.74) is 1.44. The van der Waals surface area contributed by atoms with Gasteiger partial charge in [-0.15, -0.1) is 0 Å². The van der Waals surface area contributed by atoms with Crippen LogP contribution in [0.2, 0.25) is 15.1 Å². The summed E-state index contributed by atoms with van der Waals surface area (Å²) in [6, 6.07) is 12.2. The fourth-order valence-corrected chi connectivity index (χ4v) is 2.80. The van der Waals surface area contributed by atoms with Crippen molar-refractivity contribution in [3.63, 3.8) is 0 Å². The van der Waals surface area contributed by atoms with Gasteiger partial charge < -0.3 is 15.4 Å². The highest BCUT2D eigenvalue weighted by molar-refractivity contribution is 6.36. The molecule has 0 aliphatic rings. The predicted molar refractivity (Wildman–Crippen MR) is 103 cm³/mol. The van der Waals surface area contributed by atoms with Crippen LogP contribution in [-0.2, 0) is 0 Å². The van der Waals surface area contributed by atoms with Crippen molar-refractivity contribution in [1.82, 2.24) is 9.97 Å². The number of nitrogens with one attached hydrogen (secondary N) is 2. The number of nitrogens with zero attached hydrogens (tertiary/aromatic N) is 2. The second-order valence-electron chi connectivity index (χ2n) is 4.99. The number of benzene rings is 2. The van der Waals surface area contributed by atoms with Gasteiger partial charge in [0, 0.05) is 16.9 Å². The van der Waals surface area contributed by atoms with Crippen LogP contribution in [0.1, 0.15) is 0 Å². The van der Waals surface area contributed by atoms with Crippen molar-refractivity contribution in [2.24, 2.45) is 0 Å². The van der Waals surface area contributed by atoms with Crippen LogP contribution in [0.4, 0.5) is 23.1 Å². The van der Waals surface area contributed by atoms with Gasteiger partial charge in [-0.25, -0.2) is 4.98 Å². The molecule has 0 aliphatic heterocycles. The largest absolute Gasteiger partial charge is 0.495 e. The first kappa shape index (κ1) is 17.6. The van der Waals surface area contributed by atoms with E-state index in [1.165, 1.54) is 0 Å². The van der Waals surface area contributed by atoms with Crippen LogP contribution in [0.25, 0.3) is 0 Å². The Morgan fingerprint density at radius 2 is 1.76 bits per heavy atom. The Bertz CT molecular complexity index is 905. The van der Waals surface area contributed by atoms with Crippen LogP contribution in [0.3, 0.4) is 0 Å². The van der Waals surface area contributed by atoms with Crippen LogP contribution >= 0.6 is 34.8 Å². The van der Waals surface area contributed by atoms with E-state index in [0.29, 0.717) is 38.3 Å². The molecular formula is C17H13Cl3N4O. The Labute approximate surface area is 159 Å². The van der Waals surface area contributed by atoms with E-state index in [1.54, 1.807) is 49.7 Å². The second-order valence-corrected chi connectivity index (χ2v) is 6.24. The first-order chi connectivity index (χ1) is 12.0. The lowest BCUT2D eigenvalue weighted by molar-refractivity contribution is 0.415. The molecule has 5 nitrogen and oxygen atoms in total. The van der Waals surface area contributed by atoms with Crippen molar-refractivity contribution < 1.29 is 4.74 Å². The number of halogens is 3. The summed E-state index contributed by atoms with van der Waals surface area (Å²) < 4.78 is 5.13. The molecule has 8 heteroatoms. The number of aromatic nitrogens is 2. The molecule has 0 aliphatic carbocycles. The first-order valence-corrected chi connectivity index (χ1v) is 8.34. The van der Waals surface area contributed by atoms with Crippen molar-refractivity contribution >= 4 is 57.9 Å². The highest BCUT2D eigenvalue weighted by atomic mass is 35.5. The van der Waals surface area contributed by atoms with E-state index >= 15 is 0 Å². The molecule has 2 aromatic carbocycles. The Balaban J connectivity index is 1.78. The maximum Gasteiger partial charge on any atom is 0.229 e. The third-order valence-corrected chi connectivity index (χ3v) is 4.10. The van der Waals surface area contributed by atoms with Gasteiger partial charge in [-0.2, -0.15) is 4.98 Å². The minimum Gasteiger partial charge on any atom is -0.495 e. The van der Waals surface area contributed by atoms with Crippen molar-refractivity contribution in [3.05, 3.63) is 63.7 Å². The standard InChI is InChI=1S/C17H13Cl3N4O/c1-25-15-5-3-11(9-13(15)20)22-17-21-7-6-16(24-17)23-14-4-2-10(18)8-12(14)19/h2-9H,1H3,(H2,21,22,23,24). The molecule has 128 valence electrons. The maximum atomic E-state index is 6.16. The molecule has 0 unspecified atom stereocenters. The molecule has 0 saturated heterocycles. The molecule has 0 atom stereocenters. The Kier molecular flexibility index (Phi) is 5.48. The van der Waals surface area contributed by atoms with Gasteiger partial charge >= 0.3 is 0 Å². The first-order valence-electron chi connectivity index (χ1n) is 7.21. The van der Waals surface area contributed by atoms with Crippen LogP contribution in [0, 0.1) is 0 Å². The summed E-state index contributed by atoms with van der Waals surface area (Å²) in [6.07, 6.45) is 1.63. The lowest BCUT2D eigenvalue weighted by atomic mass is 10.3. The lowest BCUT2D eigenvalue weighted by Crippen LogP contribution is -2.00. The topological polar surface area (TPSA) is 59.1 Å².